The van der Waals surface area contributed by atoms with Gasteiger partial charge >= 0.3 is 0 Å². The number of aliphatic hydroxyl groups is 1. The summed E-state index contributed by atoms with van der Waals surface area (Å²) in [5.41, 5.74) is 3.44. The highest BCUT2D eigenvalue weighted by molar-refractivity contribution is 7.92. The lowest BCUT2D eigenvalue weighted by molar-refractivity contribution is 0.0934. The molecule has 0 saturated heterocycles. The zero-order valence-electron chi connectivity index (χ0n) is 19.6. The number of fused-ring (bicyclic) bond motifs is 1. The predicted octanol–water partition coefficient (Wildman–Crippen LogP) is 4.05. The van der Waals surface area contributed by atoms with Gasteiger partial charge in [-0.25, -0.2) is 18.4 Å². The molecule has 2 aromatic heterocycles. The predicted molar refractivity (Wildman–Crippen MR) is 135 cm³/mol. The summed E-state index contributed by atoms with van der Waals surface area (Å²) >= 11 is 0. The van der Waals surface area contributed by atoms with Crippen molar-refractivity contribution in [3.8, 4) is 11.3 Å². The van der Waals surface area contributed by atoms with Gasteiger partial charge in [-0.2, -0.15) is 0 Å². The molecular weight excluding hydrogens is 464 g/mol. The molecule has 0 aliphatic heterocycles. The summed E-state index contributed by atoms with van der Waals surface area (Å²) in [5, 5.41) is 11.8. The molecule has 2 heterocycles. The second kappa shape index (κ2) is 10.4. The van der Waals surface area contributed by atoms with Gasteiger partial charge in [-0.05, 0) is 44.4 Å². The Bertz CT molecular complexity index is 1420. The fourth-order valence-electron chi connectivity index (χ4n) is 3.83. The van der Waals surface area contributed by atoms with Gasteiger partial charge in [-0.3, -0.25) is 4.79 Å². The summed E-state index contributed by atoms with van der Waals surface area (Å²) in [5.74, 6) is -0.298. The van der Waals surface area contributed by atoms with Crippen LogP contribution in [0, 0.1) is 0 Å². The van der Waals surface area contributed by atoms with Gasteiger partial charge in [0.05, 0.1) is 33.6 Å². The third kappa shape index (κ3) is 5.26. The number of hydrogen-bond donors (Lipinski definition) is 3. The number of hydrogen-bond acceptors (Lipinski definition) is 6. The van der Waals surface area contributed by atoms with E-state index in [4.69, 9.17) is 0 Å². The summed E-state index contributed by atoms with van der Waals surface area (Å²) in [4.78, 5) is 25.5. The van der Waals surface area contributed by atoms with Crippen LogP contribution in [0.1, 0.15) is 48.7 Å². The molecule has 0 saturated carbocycles. The minimum absolute atomic E-state index is 0.0401. The highest BCUT2D eigenvalue weighted by atomic mass is 32.2. The lowest BCUT2D eigenvalue weighted by atomic mass is 10.0. The van der Waals surface area contributed by atoms with Crippen molar-refractivity contribution < 1.29 is 18.3 Å². The minimum atomic E-state index is -3.37. The normalized spacial score (nSPS) is 12.7. The molecule has 182 valence electrons. The molecule has 0 aliphatic carbocycles. The number of aliphatic hydroxyl groups excluding tert-OH is 1. The number of carbonyl (C=O) groups is 1. The van der Waals surface area contributed by atoms with Gasteiger partial charge in [0.25, 0.3) is 5.91 Å². The molecule has 1 amide bonds. The van der Waals surface area contributed by atoms with Gasteiger partial charge in [-0.1, -0.05) is 42.5 Å². The number of rotatable bonds is 9. The second-order valence-electron chi connectivity index (χ2n) is 8.58. The average molecular weight is 493 g/mol. The number of benzene rings is 2. The molecule has 8 nitrogen and oxygen atoms in total. The maximum absolute atomic E-state index is 13.2. The van der Waals surface area contributed by atoms with Gasteiger partial charge in [0.2, 0.25) is 0 Å². The summed E-state index contributed by atoms with van der Waals surface area (Å²) in [6.07, 6.45) is 4.31. The van der Waals surface area contributed by atoms with Crippen LogP contribution in [0.3, 0.4) is 0 Å². The van der Waals surface area contributed by atoms with Crippen molar-refractivity contribution in [2.45, 2.75) is 42.9 Å². The number of sulfone groups is 1. The molecule has 2 aromatic carbocycles. The first-order chi connectivity index (χ1) is 16.8. The van der Waals surface area contributed by atoms with E-state index in [1.165, 1.54) is 0 Å². The molecule has 35 heavy (non-hydrogen) atoms. The largest absolute Gasteiger partial charge is 0.396 e. The molecule has 3 N–H and O–H groups in total. The second-order valence-corrected chi connectivity index (χ2v) is 11.1. The van der Waals surface area contributed by atoms with Crippen molar-refractivity contribution >= 4 is 26.9 Å². The maximum Gasteiger partial charge on any atom is 0.255 e. The SMILES string of the molecule is CC(C)S(=O)(=O)c1ccc(-c2cnc3[nH]cc(C(=O)N[C@@H](CCCO)c4ccccc4)c3n2)cc1. The molecule has 0 fully saturated rings. The number of nitrogens with one attached hydrogen (secondary N) is 2. The van der Waals surface area contributed by atoms with Crippen LogP contribution in [0.2, 0.25) is 0 Å². The van der Waals surface area contributed by atoms with E-state index >= 15 is 0 Å². The fraction of sp³-hybridized carbons (Fsp3) is 0.269. The zero-order valence-corrected chi connectivity index (χ0v) is 20.4. The first kappa shape index (κ1) is 24.6. The van der Waals surface area contributed by atoms with E-state index < -0.39 is 15.1 Å². The summed E-state index contributed by atoms with van der Waals surface area (Å²) in [7, 11) is -3.37. The van der Waals surface area contributed by atoms with E-state index in [0.29, 0.717) is 40.8 Å². The van der Waals surface area contributed by atoms with Gasteiger partial charge in [-0.15, -0.1) is 0 Å². The van der Waals surface area contributed by atoms with Crippen molar-refractivity contribution in [3.63, 3.8) is 0 Å². The highest BCUT2D eigenvalue weighted by Gasteiger charge is 2.21. The van der Waals surface area contributed by atoms with Crippen LogP contribution in [0.15, 0.2) is 71.9 Å². The Morgan fingerprint density at radius 1 is 1.09 bits per heavy atom. The van der Waals surface area contributed by atoms with Gasteiger partial charge in [0.1, 0.15) is 5.52 Å². The number of amides is 1. The van der Waals surface area contributed by atoms with Crippen LogP contribution in [-0.2, 0) is 9.84 Å². The van der Waals surface area contributed by atoms with Crippen molar-refractivity contribution in [2.75, 3.05) is 6.61 Å². The van der Waals surface area contributed by atoms with Crippen LogP contribution in [0.25, 0.3) is 22.4 Å². The molecule has 4 rings (SSSR count). The molecule has 0 bridgehead atoms. The average Bonchev–Trinajstić information content (AvgIpc) is 3.30. The third-order valence-electron chi connectivity index (χ3n) is 5.88. The maximum atomic E-state index is 13.2. The molecule has 0 aliphatic rings. The van der Waals surface area contributed by atoms with Gasteiger partial charge in [0, 0.05) is 18.4 Å². The Labute approximate surface area is 204 Å². The van der Waals surface area contributed by atoms with Gasteiger partial charge < -0.3 is 15.4 Å². The number of H-pyrrole nitrogens is 1. The fourth-order valence-corrected chi connectivity index (χ4v) is 4.89. The molecule has 4 aromatic rings. The molecule has 1 atom stereocenters. The van der Waals surface area contributed by atoms with Gasteiger partial charge in [0.15, 0.2) is 15.5 Å². The lowest BCUT2D eigenvalue weighted by Crippen LogP contribution is -2.28. The Kier molecular flexibility index (Phi) is 7.28. The van der Waals surface area contributed by atoms with Crippen LogP contribution in [0.5, 0.6) is 0 Å². The minimum Gasteiger partial charge on any atom is -0.396 e. The summed E-state index contributed by atoms with van der Waals surface area (Å²) in [6, 6.07) is 15.9. The van der Waals surface area contributed by atoms with E-state index in [2.05, 4.69) is 20.3 Å². The molecule has 0 spiro atoms. The van der Waals surface area contributed by atoms with Crippen molar-refractivity contribution in [1.29, 1.82) is 0 Å². The third-order valence-corrected chi connectivity index (χ3v) is 8.05. The van der Waals surface area contributed by atoms with E-state index in [0.717, 1.165) is 5.56 Å². The number of aromatic amines is 1. The van der Waals surface area contributed by atoms with Crippen molar-refractivity contribution in [1.82, 2.24) is 20.3 Å². The first-order valence-electron chi connectivity index (χ1n) is 11.5. The Morgan fingerprint density at radius 2 is 1.80 bits per heavy atom. The van der Waals surface area contributed by atoms with E-state index in [1.807, 2.05) is 30.3 Å². The van der Waals surface area contributed by atoms with Crippen molar-refractivity contribution in [2.24, 2.45) is 0 Å². The molecule has 0 unspecified atom stereocenters. The van der Waals surface area contributed by atoms with E-state index in [-0.39, 0.29) is 23.5 Å². The molecular formula is C26H28N4O4S. The quantitative estimate of drug-likeness (QED) is 0.324. The van der Waals surface area contributed by atoms with Crippen LogP contribution >= 0.6 is 0 Å². The Hall–Kier alpha value is -3.56. The topological polar surface area (TPSA) is 125 Å². The Morgan fingerprint density at radius 3 is 2.46 bits per heavy atom. The zero-order chi connectivity index (χ0) is 25.0. The van der Waals surface area contributed by atoms with E-state index in [1.54, 1.807) is 50.5 Å². The van der Waals surface area contributed by atoms with Crippen LogP contribution < -0.4 is 5.32 Å². The van der Waals surface area contributed by atoms with Crippen molar-refractivity contribution in [3.05, 3.63) is 78.1 Å². The van der Waals surface area contributed by atoms with Crippen LogP contribution in [-0.4, -0.2) is 46.2 Å². The summed E-state index contributed by atoms with van der Waals surface area (Å²) < 4.78 is 24.8. The Balaban J connectivity index is 1.62. The highest BCUT2D eigenvalue weighted by Crippen LogP contribution is 2.25. The monoisotopic (exact) mass is 492 g/mol. The smallest absolute Gasteiger partial charge is 0.255 e. The molecule has 9 heteroatoms. The number of carbonyl (C=O) groups excluding carboxylic acids is 1. The summed E-state index contributed by atoms with van der Waals surface area (Å²) in [6.45, 7) is 3.33. The number of nitrogens with zero attached hydrogens (tertiary/aromatic N) is 2. The number of aromatic nitrogens is 3. The van der Waals surface area contributed by atoms with E-state index in [9.17, 15) is 18.3 Å². The molecule has 0 radical (unpaired) electrons. The lowest BCUT2D eigenvalue weighted by Gasteiger charge is -2.18. The standard InChI is InChI=1S/C26H28N4O4S/c1-17(2)35(33,34)20-12-10-19(11-13-20)23-16-28-25-24(29-23)21(15-27-25)26(32)30-22(9-6-14-31)18-7-4-3-5-8-18/h3-5,7-8,10-13,15-17,22,31H,6,9,14H2,1-2H3,(H,27,28)(H,30,32)/t22-/m0/s1. The van der Waals surface area contributed by atoms with Crippen LogP contribution in [0.4, 0.5) is 0 Å². The first-order valence-corrected chi connectivity index (χ1v) is 13.0.